The summed E-state index contributed by atoms with van der Waals surface area (Å²) in [5.41, 5.74) is 3.32. The fourth-order valence-corrected chi connectivity index (χ4v) is 1.35. The van der Waals surface area contributed by atoms with E-state index in [0.29, 0.717) is 0 Å². The van der Waals surface area contributed by atoms with Gasteiger partial charge in [0.05, 0.1) is 0 Å². The summed E-state index contributed by atoms with van der Waals surface area (Å²) < 4.78 is 2.04. The van der Waals surface area contributed by atoms with E-state index in [0.717, 1.165) is 11.1 Å². The summed E-state index contributed by atoms with van der Waals surface area (Å²) in [6, 6.07) is 7.96. The van der Waals surface area contributed by atoms with Gasteiger partial charge in [0.1, 0.15) is 0 Å². The molecule has 1 rings (SSSR count). The average molecular weight is 268 g/mol. The van der Waals surface area contributed by atoms with Crippen LogP contribution in [0.3, 0.4) is 0 Å². The van der Waals surface area contributed by atoms with Crippen molar-refractivity contribution in [3.05, 3.63) is 39.5 Å². The van der Waals surface area contributed by atoms with Crippen LogP contribution < -0.4 is 0 Å². The third-order valence-corrected chi connectivity index (χ3v) is 2.61. The number of hydrogen-bond donors (Lipinski definition) is 0. The summed E-state index contributed by atoms with van der Waals surface area (Å²) in [5.74, 6) is 2.67. The van der Waals surface area contributed by atoms with Crippen molar-refractivity contribution < 1.29 is 0 Å². The van der Waals surface area contributed by atoms with Crippen molar-refractivity contribution in [1.82, 2.24) is 0 Å². The molecule has 0 amide bonds. The van der Waals surface area contributed by atoms with Crippen LogP contribution in [0, 0.1) is 12.3 Å². The van der Waals surface area contributed by atoms with Crippen molar-refractivity contribution in [2.75, 3.05) is 0 Å². The molecule has 0 radical (unpaired) electrons. The first-order valence-corrected chi connectivity index (χ1v) is 4.87. The molecule has 0 unspecified atom stereocenters. The minimum atomic E-state index is 0.961. The van der Waals surface area contributed by atoms with Crippen molar-refractivity contribution in [3.63, 3.8) is 0 Å². The molecule has 0 saturated heterocycles. The predicted octanol–water partition coefficient (Wildman–Crippen LogP) is 3.46. The van der Waals surface area contributed by atoms with Crippen LogP contribution in [-0.4, -0.2) is 0 Å². The molecule has 0 aromatic heterocycles. The Balaban J connectivity index is 3.25. The van der Waals surface area contributed by atoms with E-state index in [2.05, 4.69) is 35.4 Å². The summed E-state index contributed by atoms with van der Waals surface area (Å²) in [6.45, 7) is 2.06. The predicted molar refractivity (Wildman–Crippen MR) is 62.0 cm³/mol. The number of benzene rings is 1. The van der Waals surface area contributed by atoms with Crippen LogP contribution >= 0.6 is 22.6 Å². The van der Waals surface area contributed by atoms with Gasteiger partial charge in [-0.05, 0) is 28.2 Å². The molecule has 1 heteroatoms. The third-order valence-electron chi connectivity index (χ3n) is 1.67. The Morgan fingerprint density at radius 2 is 2.17 bits per heavy atom. The molecule has 0 bridgehead atoms. The van der Waals surface area contributed by atoms with Gasteiger partial charge >= 0.3 is 0 Å². The van der Waals surface area contributed by atoms with Crippen LogP contribution in [-0.2, 0) is 0 Å². The monoisotopic (exact) mass is 268 g/mol. The molecule has 0 N–H and O–H groups in total. The smallest absolute Gasteiger partial charge is 0.0317 e. The van der Waals surface area contributed by atoms with Gasteiger partial charge < -0.3 is 0 Å². The fourth-order valence-electron chi connectivity index (χ4n) is 1.01. The van der Waals surface area contributed by atoms with Gasteiger partial charge in [-0.3, -0.25) is 0 Å². The van der Waals surface area contributed by atoms with Gasteiger partial charge in [0.15, 0.2) is 0 Å². The lowest BCUT2D eigenvalue weighted by atomic mass is 10.0. The molecule has 0 aliphatic rings. The first-order chi connectivity index (χ1) is 5.79. The van der Waals surface area contributed by atoms with E-state index in [4.69, 9.17) is 6.42 Å². The zero-order valence-electron chi connectivity index (χ0n) is 6.84. The molecule has 0 saturated carbocycles. The molecule has 0 nitrogen and oxygen atoms in total. The summed E-state index contributed by atoms with van der Waals surface area (Å²) in [7, 11) is 0. The molecule has 1 aromatic carbocycles. The highest BCUT2D eigenvalue weighted by molar-refractivity contribution is 14.1. The van der Waals surface area contributed by atoms with Crippen molar-refractivity contribution in [1.29, 1.82) is 0 Å². The van der Waals surface area contributed by atoms with E-state index < -0.39 is 0 Å². The maximum Gasteiger partial charge on any atom is 0.0317 e. The molecule has 0 heterocycles. The zero-order chi connectivity index (χ0) is 8.97. The molecule has 60 valence electrons. The Kier molecular flexibility index (Phi) is 3.36. The van der Waals surface area contributed by atoms with Gasteiger partial charge in [-0.1, -0.05) is 46.7 Å². The zero-order valence-corrected chi connectivity index (χ0v) is 9.00. The average Bonchev–Trinajstić information content (AvgIpc) is 2.16. The first kappa shape index (κ1) is 9.34. The maximum absolute atomic E-state index is 5.36. The minimum absolute atomic E-state index is 0.961. The lowest BCUT2D eigenvalue weighted by Gasteiger charge is -2.02. The lowest BCUT2D eigenvalue weighted by molar-refractivity contribution is 1.54. The number of terminal acetylenes is 1. The van der Waals surface area contributed by atoms with Gasteiger partial charge in [0.25, 0.3) is 0 Å². The second kappa shape index (κ2) is 4.32. The SMILES string of the molecule is C#Cc1ccccc1/C(C)=C/I. The second-order valence-electron chi connectivity index (χ2n) is 2.48. The van der Waals surface area contributed by atoms with Crippen LogP contribution in [0.2, 0.25) is 0 Å². The molecule has 0 spiro atoms. The van der Waals surface area contributed by atoms with Crippen molar-refractivity contribution in [2.24, 2.45) is 0 Å². The quantitative estimate of drug-likeness (QED) is 0.540. The molecule has 0 fully saturated rings. The van der Waals surface area contributed by atoms with Gasteiger partial charge in [-0.15, -0.1) is 6.42 Å². The van der Waals surface area contributed by atoms with Crippen LogP contribution in [0.5, 0.6) is 0 Å². The van der Waals surface area contributed by atoms with Gasteiger partial charge in [0.2, 0.25) is 0 Å². The van der Waals surface area contributed by atoms with Crippen LogP contribution in [0.4, 0.5) is 0 Å². The van der Waals surface area contributed by atoms with Crippen molar-refractivity contribution >= 4 is 28.2 Å². The van der Waals surface area contributed by atoms with E-state index in [1.54, 1.807) is 0 Å². The fraction of sp³-hybridized carbons (Fsp3) is 0.0909. The van der Waals surface area contributed by atoms with E-state index in [1.807, 2.05) is 28.3 Å². The topological polar surface area (TPSA) is 0 Å². The molecular weight excluding hydrogens is 259 g/mol. The Hall–Kier alpha value is -0.750. The number of rotatable bonds is 1. The Morgan fingerprint density at radius 3 is 2.75 bits per heavy atom. The molecule has 1 aromatic rings. The number of hydrogen-bond acceptors (Lipinski definition) is 0. The summed E-state index contributed by atoms with van der Waals surface area (Å²) in [5, 5.41) is 0. The molecule has 0 atom stereocenters. The highest BCUT2D eigenvalue weighted by Crippen LogP contribution is 2.18. The third kappa shape index (κ3) is 1.89. The van der Waals surface area contributed by atoms with Gasteiger partial charge in [-0.25, -0.2) is 0 Å². The van der Waals surface area contributed by atoms with Gasteiger partial charge in [0, 0.05) is 5.56 Å². The summed E-state index contributed by atoms with van der Waals surface area (Å²) >= 11 is 2.22. The van der Waals surface area contributed by atoms with Crippen LogP contribution in [0.1, 0.15) is 18.1 Å². The standard InChI is InChI=1S/C11H9I/c1-3-10-6-4-5-7-11(10)9(2)8-12/h1,4-8H,2H3/b9-8+. The molecule has 12 heavy (non-hydrogen) atoms. The Bertz CT molecular complexity index is 342. The second-order valence-corrected chi connectivity index (χ2v) is 3.10. The normalized spacial score (nSPS) is 10.9. The minimum Gasteiger partial charge on any atom is -0.115 e. The van der Waals surface area contributed by atoms with E-state index in [1.165, 1.54) is 5.57 Å². The molecule has 0 aliphatic carbocycles. The lowest BCUT2D eigenvalue weighted by Crippen LogP contribution is -1.84. The summed E-state index contributed by atoms with van der Waals surface area (Å²) in [6.07, 6.45) is 5.36. The van der Waals surface area contributed by atoms with E-state index in [9.17, 15) is 0 Å². The maximum atomic E-state index is 5.36. The Labute approximate surface area is 86.8 Å². The van der Waals surface area contributed by atoms with Crippen LogP contribution in [0.25, 0.3) is 5.57 Å². The Morgan fingerprint density at radius 1 is 1.50 bits per heavy atom. The van der Waals surface area contributed by atoms with Crippen molar-refractivity contribution in [3.8, 4) is 12.3 Å². The van der Waals surface area contributed by atoms with E-state index >= 15 is 0 Å². The first-order valence-electron chi connectivity index (χ1n) is 3.62. The highest BCUT2D eigenvalue weighted by Gasteiger charge is 1.98. The van der Waals surface area contributed by atoms with Crippen LogP contribution in [0.15, 0.2) is 28.3 Å². The van der Waals surface area contributed by atoms with Gasteiger partial charge in [-0.2, -0.15) is 0 Å². The molecular formula is C11H9I. The molecule has 0 aliphatic heterocycles. The highest BCUT2D eigenvalue weighted by atomic mass is 127. The van der Waals surface area contributed by atoms with E-state index in [-0.39, 0.29) is 0 Å². The largest absolute Gasteiger partial charge is 0.115 e. The number of allylic oxidation sites excluding steroid dienone is 1. The summed E-state index contributed by atoms with van der Waals surface area (Å²) in [4.78, 5) is 0. The number of halogens is 1. The van der Waals surface area contributed by atoms with Crippen molar-refractivity contribution in [2.45, 2.75) is 6.92 Å².